The van der Waals surface area contributed by atoms with Gasteiger partial charge >= 0.3 is 0 Å². The zero-order chi connectivity index (χ0) is 12.8. The number of aliphatic hydroxyl groups is 1. The summed E-state index contributed by atoms with van der Waals surface area (Å²) in [5.41, 5.74) is 0.968. The summed E-state index contributed by atoms with van der Waals surface area (Å²) in [5, 5.41) is 9.48. The fourth-order valence-electron chi connectivity index (χ4n) is 2.63. The highest BCUT2D eigenvalue weighted by molar-refractivity contribution is 6.03. The molecule has 1 heterocycles. The van der Waals surface area contributed by atoms with Crippen molar-refractivity contribution in [3.63, 3.8) is 0 Å². The van der Waals surface area contributed by atoms with Crippen LogP contribution in [0.1, 0.15) is 35.2 Å². The number of carbonyl (C=O) groups excluding carboxylic acids is 1. The topological polar surface area (TPSA) is 55.8 Å². The van der Waals surface area contributed by atoms with Gasteiger partial charge in [-0.05, 0) is 37.5 Å². The summed E-state index contributed by atoms with van der Waals surface area (Å²) < 4.78 is 10.6. The van der Waals surface area contributed by atoms with Crippen molar-refractivity contribution in [2.75, 3.05) is 13.4 Å². The lowest BCUT2D eigenvalue weighted by molar-refractivity contribution is 0.0347. The summed E-state index contributed by atoms with van der Waals surface area (Å²) in [6, 6.07) is 3.58. The molecule has 1 saturated carbocycles. The molecule has 0 bridgehead atoms. The summed E-state index contributed by atoms with van der Waals surface area (Å²) in [4.78, 5) is 12.5. The van der Waals surface area contributed by atoms with Gasteiger partial charge in [-0.1, -0.05) is 6.42 Å². The molecule has 0 radical (unpaired) electrons. The molecule has 0 aromatic heterocycles. The van der Waals surface area contributed by atoms with E-state index in [4.69, 9.17) is 9.47 Å². The van der Waals surface area contributed by atoms with Gasteiger partial charge < -0.3 is 14.6 Å². The summed E-state index contributed by atoms with van der Waals surface area (Å²) in [6.07, 6.45) is 2.56. The lowest BCUT2D eigenvalue weighted by Crippen LogP contribution is -2.41. The van der Waals surface area contributed by atoms with E-state index in [9.17, 15) is 9.90 Å². The molecule has 0 spiro atoms. The van der Waals surface area contributed by atoms with Crippen molar-refractivity contribution < 1.29 is 19.4 Å². The van der Waals surface area contributed by atoms with E-state index >= 15 is 0 Å². The van der Waals surface area contributed by atoms with Gasteiger partial charge in [-0.15, -0.1) is 0 Å². The smallest absolute Gasteiger partial charge is 0.231 e. The van der Waals surface area contributed by atoms with E-state index in [0.717, 1.165) is 24.8 Å². The highest BCUT2D eigenvalue weighted by Gasteiger charge is 2.44. The fourth-order valence-corrected chi connectivity index (χ4v) is 2.63. The van der Waals surface area contributed by atoms with Gasteiger partial charge in [0.05, 0.1) is 12.0 Å². The molecular weight excluding hydrogens is 232 g/mol. The highest BCUT2D eigenvalue weighted by Crippen LogP contribution is 2.45. The molecule has 1 aliphatic carbocycles. The first-order valence-corrected chi connectivity index (χ1v) is 6.22. The Morgan fingerprint density at radius 2 is 2.00 bits per heavy atom. The van der Waals surface area contributed by atoms with Crippen LogP contribution >= 0.6 is 0 Å². The van der Waals surface area contributed by atoms with Gasteiger partial charge in [0, 0.05) is 5.56 Å². The Labute approximate surface area is 106 Å². The molecule has 1 N–H and O–H groups in total. The number of aliphatic hydroxyl groups excluding tert-OH is 1. The zero-order valence-corrected chi connectivity index (χ0v) is 10.4. The average Bonchev–Trinajstić information content (AvgIpc) is 2.74. The molecule has 1 aromatic carbocycles. The second kappa shape index (κ2) is 3.99. The molecule has 3 rings (SSSR count). The van der Waals surface area contributed by atoms with Crippen LogP contribution in [0.15, 0.2) is 12.1 Å². The van der Waals surface area contributed by atoms with E-state index in [1.54, 1.807) is 6.07 Å². The number of carbonyl (C=O) groups is 1. The summed E-state index contributed by atoms with van der Waals surface area (Å²) in [7, 11) is 0. The first-order valence-electron chi connectivity index (χ1n) is 6.22. The van der Waals surface area contributed by atoms with Crippen LogP contribution in [0.4, 0.5) is 0 Å². The van der Waals surface area contributed by atoms with Gasteiger partial charge in [0.2, 0.25) is 6.79 Å². The number of fused-ring (bicyclic) bond motifs is 1. The second-order valence-electron chi connectivity index (χ2n) is 5.14. The fraction of sp³-hybridized carbons (Fsp3) is 0.500. The van der Waals surface area contributed by atoms with Gasteiger partial charge in [-0.25, -0.2) is 0 Å². The molecule has 18 heavy (non-hydrogen) atoms. The number of hydrogen-bond donors (Lipinski definition) is 1. The lowest BCUT2D eigenvalue weighted by atomic mass is 9.65. The molecule has 1 aliphatic heterocycles. The van der Waals surface area contributed by atoms with E-state index in [2.05, 4.69) is 0 Å². The van der Waals surface area contributed by atoms with E-state index < -0.39 is 5.41 Å². The summed E-state index contributed by atoms with van der Waals surface area (Å²) in [5.74, 6) is 1.35. The molecule has 0 unspecified atom stereocenters. The number of ketones is 1. The molecule has 2 aliphatic rings. The van der Waals surface area contributed by atoms with Crippen molar-refractivity contribution in [2.24, 2.45) is 5.41 Å². The number of rotatable bonds is 3. The number of hydrogen-bond acceptors (Lipinski definition) is 4. The number of aryl methyl sites for hydroxylation is 1. The minimum atomic E-state index is -0.557. The molecule has 4 nitrogen and oxygen atoms in total. The van der Waals surface area contributed by atoms with Gasteiger partial charge in [0.1, 0.15) is 0 Å². The average molecular weight is 248 g/mol. The number of benzene rings is 1. The van der Waals surface area contributed by atoms with Crippen LogP contribution in [-0.2, 0) is 0 Å². The first kappa shape index (κ1) is 11.5. The van der Waals surface area contributed by atoms with Gasteiger partial charge in [-0.2, -0.15) is 0 Å². The standard InChI is InChI=1S/C14H16O4/c1-9-5-11-12(18-8-17-11)6-10(9)13(16)14(7-15)3-2-4-14/h5-6,15H,2-4,7-8H2,1H3. The van der Waals surface area contributed by atoms with Crippen molar-refractivity contribution in [1.82, 2.24) is 0 Å². The van der Waals surface area contributed by atoms with Crippen LogP contribution in [0.2, 0.25) is 0 Å². The van der Waals surface area contributed by atoms with Crippen molar-refractivity contribution in [3.8, 4) is 11.5 Å². The minimum absolute atomic E-state index is 0.0343. The zero-order valence-electron chi connectivity index (χ0n) is 10.4. The maximum Gasteiger partial charge on any atom is 0.231 e. The molecule has 96 valence electrons. The van der Waals surface area contributed by atoms with Crippen LogP contribution in [-0.4, -0.2) is 24.3 Å². The Morgan fingerprint density at radius 1 is 1.33 bits per heavy atom. The minimum Gasteiger partial charge on any atom is -0.454 e. The molecule has 0 atom stereocenters. The summed E-state index contributed by atoms with van der Waals surface area (Å²) >= 11 is 0. The summed E-state index contributed by atoms with van der Waals surface area (Å²) in [6.45, 7) is 2.02. The van der Waals surface area contributed by atoms with Crippen molar-refractivity contribution in [1.29, 1.82) is 0 Å². The normalized spacial score (nSPS) is 19.4. The van der Waals surface area contributed by atoms with Crippen LogP contribution in [0.25, 0.3) is 0 Å². The van der Waals surface area contributed by atoms with E-state index in [0.29, 0.717) is 17.1 Å². The highest BCUT2D eigenvalue weighted by atomic mass is 16.7. The molecule has 0 saturated heterocycles. The van der Waals surface area contributed by atoms with Crippen molar-refractivity contribution in [3.05, 3.63) is 23.3 Å². The van der Waals surface area contributed by atoms with Crippen LogP contribution in [0.3, 0.4) is 0 Å². The van der Waals surface area contributed by atoms with Crippen molar-refractivity contribution >= 4 is 5.78 Å². The molecular formula is C14H16O4. The van der Waals surface area contributed by atoms with Crippen LogP contribution in [0.5, 0.6) is 11.5 Å². The van der Waals surface area contributed by atoms with E-state index in [1.165, 1.54) is 0 Å². The van der Waals surface area contributed by atoms with E-state index in [-0.39, 0.29) is 19.2 Å². The third-order valence-corrected chi connectivity index (χ3v) is 4.06. The molecule has 1 aromatic rings. The maximum atomic E-state index is 12.5. The Morgan fingerprint density at radius 3 is 2.56 bits per heavy atom. The third-order valence-electron chi connectivity index (χ3n) is 4.06. The Kier molecular flexibility index (Phi) is 2.55. The first-order chi connectivity index (χ1) is 8.66. The third kappa shape index (κ3) is 1.52. The quantitative estimate of drug-likeness (QED) is 0.832. The van der Waals surface area contributed by atoms with Crippen LogP contribution < -0.4 is 9.47 Å². The van der Waals surface area contributed by atoms with Crippen LogP contribution in [0, 0.1) is 12.3 Å². The van der Waals surface area contributed by atoms with Crippen molar-refractivity contribution in [2.45, 2.75) is 26.2 Å². The Hall–Kier alpha value is -1.55. The lowest BCUT2D eigenvalue weighted by Gasteiger charge is -2.38. The van der Waals surface area contributed by atoms with Gasteiger partial charge in [0.15, 0.2) is 17.3 Å². The number of Topliss-reactive ketones (excluding diaryl/α,β-unsaturated/α-hetero) is 1. The Balaban J connectivity index is 1.99. The molecule has 0 amide bonds. The predicted molar refractivity (Wildman–Crippen MR) is 65.0 cm³/mol. The molecule has 4 heteroatoms. The number of ether oxygens (including phenoxy) is 2. The SMILES string of the molecule is Cc1cc2c(cc1C(=O)C1(CO)CCC1)OCO2. The maximum absolute atomic E-state index is 12.5. The van der Waals surface area contributed by atoms with E-state index in [1.807, 2.05) is 13.0 Å². The molecule has 1 fully saturated rings. The predicted octanol–water partition coefficient (Wildman–Crippen LogP) is 2.07. The van der Waals surface area contributed by atoms with Gasteiger partial charge in [0.25, 0.3) is 0 Å². The second-order valence-corrected chi connectivity index (χ2v) is 5.14. The monoisotopic (exact) mass is 248 g/mol. The Bertz CT molecular complexity index is 497. The van der Waals surface area contributed by atoms with Gasteiger partial charge in [-0.3, -0.25) is 4.79 Å². The largest absolute Gasteiger partial charge is 0.454 e.